The Labute approximate surface area is 190 Å². The van der Waals surface area contributed by atoms with Crippen LogP contribution in [0.3, 0.4) is 0 Å². The van der Waals surface area contributed by atoms with Crippen molar-refractivity contribution in [2.75, 3.05) is 6.54 Å². The number of nitrogens with zero attached hydrogens (tertiary/aromatic N) is 4. The number of amides is 1. The Balaban J connectivity index is 1.20. The molecule has 3 aromatic carbocycles. The molecule has 6 rings (SSSR count). The maximum absolute atomic E-state index is 12.6. The lowest BCUT2D eigenvalue weighted by molar-refractivity contribution is -0.121. The Kier molecular flexibility index (Phi) is 4.76. The Morgan fingerprint density at radius 2 is 1.52 bits per heavy atom. The third kappa shape index (κ3) is 3.49. The molecule has 33 heavy (non-hydrogen) atoms. The summed E-state index contributed by atoms with van der Waals surface area (Å²) in [5.74, 6) is 0.0335. The Morgan fingerprint density at radius 3 is 2.39 bits per heavy atom. The molecule has 0 aliphatic heterocycles. The van der Waals surface area contributed by atoms with Gasteiger partial charge in [0.05, 0.1) is 16.6 Å². The zero-order valence-electron chi connectivity index (χ0n) is 18.1. The number of carbonyl (C=O) groups excluding carboxylic acids is 1. The summed E-state index contributed by atoms with van der Waals surface area (Å²) < 4.78 is 4.28. The average Bonchev–Trinajstić information content (AvgIpc) is 3.40. The highest BCUT2D eigenvalue weighted by Gasteiger charge is 2.15. The van der Waals surface area contributed by atoms with Crippen LogP contribution in [-0.4, -0.2) is 31.6 Å². The van der Waals surface area contributed by atoms with Crippen LogP contribution in [-0.2, 0) is 17.9 Å². The molecule has 1 amide bonds. The lowest BCUT2D eigenvalue weighted by atomic mass is 10.2. The average molecular weight is 434 g/mol. The molecule has 1 N–H and O–H groups in total. The number of hydrogen-bond acceptors (Lipinski definition) is 3. The van der Waals surface area contributed by atoms with E-state index in [4.69, 9.17) is 9.97 Å². The third-order valence-electron chi connectivity index (χ3n) is 6.18. The monoisotopic (exact) mass is 433 g/mol. The van der Waals surface area contributed by atoms with E-state index in [0.717, 1.165) is 39.6 Å². The van der Waals surface area contributed by atoms with E-state index in [2.05, 4.69) is 51.0 Å². The van der Waals surface area contributed by atoms with Crippen molar-refractivity contribution in [3.8, 4) is 0 Å². The summed E-state index contributed by atoms with van der Waals surface area (Å²) in [4.78, 5) is 22.4. The predicted molar refractivity (Wildman–Crippen MR) is 132 cm³/mol. The minimum absolute atomic E-state index is 0.0335. The second kappa shape index (κ2) is 8.06. The predicted octanol–water partition coefficient (Wildman–Crippen LogP) is 4.90. The number of rotatable bonds is 6. The van der Waals surface area contributed by atoms with E-state index in [9.17, 15) is 4.79 Å². The number of aryl methyl sites for hydroxylation is 1. The topological polar surface area (TPSA) is 64.7 Å². The van der Waals surface area contributed by atoms with Crippen LogP contribution in [0.1, 0.15) is 6.42 Å². The van der Waals surface area contributed by atoms with E-state index in [0.29, 0.717) is 19.5 Å². The maximum atomic E-state index is 12.6. The fourth-order valence-corrected chi connectivity index (χ4v) is 4.56. The number of para-hydroxylation sites is 4. The van der Waals surface area contributed by atoms with Gasteiger partial charge in [-0.2, -0.15) is 0 Å². The van der Waals surface area contributed by atoms with Crippen molar-refractivity contribution < 1.29 is 4.79 Å². The molecule has 0 saturated heterocycles. The third-order valence-corrected chi connectivity index (χ3v) is 6.18. The zero-order valence-corrected chi connectivity index (χ0v) is 18.1. The van der Waals surface area contributed by atoms with E-state index in [-0.39, 0.29) is 5.91 Å². The second-order valence-electron chi connectivity index (χ2n) is 8.22. The minimum atomic E-state index is 0.0335. The Morgan fingerprint density at radius 1 is 0.788 bits per heavy atom. The van der Waals surface area contributed by atoms with Gasteiger partial charge in [0.1, 0.15) is 5.52 Å². The van der Waals surface area contributed by atoms with Crippen LogP contribution < -0.4 is 5.32 Å². The van der Waals surface area contributed by atoms with Crippen LogP contribution in [0.15, 0.2) is 85.1 Å². The van der Waals surface area contributed by atoms with Crippen molar-refractivity contribution in [3.63, 3.8) is 0 Å². The van der Waals surface area contributed by atoms with Crippen LogP contribution in [0.2, 0.25) is 0 Å². The molecule has 6 nitrogen and oxygen atoms in total. The van der Waals surface area contributed by atoms with Gasteiger partial charge in [-0.15, -0.1) is 0 Å². The van der Waals surface area contributed by atoms with Gasteiger partial charge in [-0.3, -0.25) is 4.79 Å². The van der Waals surface area contributed by atoms with Gasteiger partial charge in [0.2, 0.25) is 5.91 Å². The molecular weight excluding hydrogens is 410 g/mol. The molecule has 0 unspecified atom stereocenters. The summed E-state index contributed by atoms with van der Waals surface area (Å²) in [5, 5.41) is 5.34. The van der Waals surface area contributed by atoms with Crippen molar-refractivity contribution in [3.05, 3.63) is 85.1 Å². The molecule has 0 fully saturated rings. The molecule has 0 atom stereocenters. The molecule has 162 valence electrons. The molecule has 6 aromatic rings. The lowest BCUT2D eigenvalue weighted by Gasteiger charge is -2.09. The summed E-state index contributed by atoms with van der Waals surface area (Å²) in [6.07, 6.45) is 2.45. The molecular formula is C27H23N5O. The fourth-order valence-electron chi connectivity index (χ4n) is 4.56. The second-order valence-corrected chi connectivity index (χ2v) is 8.22. The highest BCUT2D eigenvalue weighted by molar-refractivity contribution is 6.06. The van der Waals surface area contributed by atoms with Gasteiger partial charge < -0.3 is 14.5 Å². The molecule has 0 spiro atoms. The minimum Gasteiger partial charge on any atom is -0.354 e. The quantitative estimate of drug-likeness (QED) is 0.406. The number of carbonyl (C=O) groups is 1. The van der Waals surface area contributed by atoms with Crippen molar-refractivity contribution in [1.82, 2.24) is 24.4 Å². The lowest BCUT2D eigenvalue weighted by Crippen LogP contribution is -2.27. The first-order valence-electron chi connectivity index (χ1n) is 11.2. The van der Waals surface area contributed by atoms with Gasteiger partial charge in [0.25, 0.3) is 0 Å². The number of benzene rings is 3. The van der Waals surface area contributed by atoms with Gasteiger partial charge in [-0.05, 0) is 35.7 Å². The van der Waals surface area contributed by atoms with Crippen molar-refractivity contribution >= 4 is 49.9 Å². The number of aromatic nitrogens is 4. The summed E-state index contributed by atoms with van der Waals surface area (Å²) in [7, 11) is 0. The molecule has 3 aromatic heterocycles. The first kappa shape index (κ1) is 19.5. The van der Waals surface area contributed by atoms with Gasteiger partial charge in [-0.25, -0.2) is 9.97 Å². The summed E-state index contributed by atoms with van der Waals surface area (Å²) in [6, 6.07) is 26.4. The van der Waals surface area contributed by atoms with E-state index in [1.54, 1.807) is 0 Å². The summed E-state index contributed by atoms with van der Waals surface area (Å²) in [5.41, 5.74) is 5.67. The van der Waals surface area contributed by atoms with Gasteiger partial charge in [0.15, 0.2) is 5.65 Å². The van der Waals surface area contributed by atoms with Crippen molar-refractivity contribution in [1.29, 1.82) is 0 Å². The van der Waals surface area contributed by atoms with Crippen LogP contribution >= 0.6 is 0 Å². The zero-order chi connectivity index (χ0) is 22.2. The van der Waals surface area contributed by atoms with Crippen LogP contribution in [0.25, 0.3) is 44.0 Å². The smallest absolute Gasteiger partial charge is 0.221 e. The van der Waals surface area contributed by atoms with Gasteiger partial charge in [-0.1, -0.05) is 48.5 Å². The number of nitrogens with one attached hydrogen (secondary N) is 1. The molecule has 6 heteroatoms. The van der Waals surface area contributed by atoms with Crippen molar-refractivity contribution in [2.45, 2.75) is 19.5 Å². The first-order valence-corrected chi connectivity index (χ1v) is 11.2. The normalized spacial score (nSPS) is 11.6. The van der Waals surface area contributed by atoms with E-state index >= 15 is 0 Å². The van der Waals surface area contributed by atoms with Gasteiger partial charge >= 0.3 is 0 Å². The Bertz CT molecular complexity index is 1630. The van der Waals surface area contributed by atoms with Crippen molar-refractivity contribution in [2.24, 2.45) is 0 Å². The largest absolute Gasteiger partial charge is 0.354 e. The fraction of sp³-hybridized carbons (Fsp3) is 0.148. The summed E-state index contributed by atoms with van der Waals surface area (Å²) in [6.45, 7) is 1.89. The van der Waals surface area contributed by atoms with Crippen LogP contribution in [0, 0.1) is 0 Å². The summed E-state index contributed by atoms with van der Waals surface area (Å²) >= 11 is 0. The van der Waals surface area contributed by atoms with E-state index in [1.165, 1.54) is 10.9 Å². The molecule has 0 bridgehead atoms. The van der Waals surface area contributed by atoms with E-state index in [1.807, 2.05) is 48.5 Å². The van der Waals surface area contributed by atoms with E-state index < -0.39 is 0 Å². The number of hydrogen-bond donors (Lipinski definition) is 1. The maximum Gasteiger partial charge on any atom is 0.221 e. The number of fused-ring (bicyclic) bond motifs is 5. The molecule has 3 heterocycles. The Hall–Kier alpha value is -4.19. The highest BCUT2D eigenvalue weighted by Crippen LogP contribution is 2.28. The molecule has 0 aliphatic carbocycles. The first-order chi connectivity index (χ1) is 16.3. The molecule has 0 aliphatic rings. The van der Waals surface area contributed by atoms with Crippen LogP contribution in [0.5, 0.6) is 0 Å². The standard InChI is InChI=1S/C27H23N5O/c33-25(28-15-18-31-16-13-19-7-1-5-11-23(19)31)14-17-32-24-12-6-2-8-20(24)26-27(32)30-22-10-4-3-9-21(22)29-26/h1-13,16H,14-15,17-18H2,(H,28,33). The SMILES string of the molecule is O=C(CCn1c2ccccc2c2nc3ccccc3nc21)NCCn1ccc2ccccc21. The van der Waals surface area contributed by atoms with Crippen LogP contribution in [0.4, 0.5) is 0 Å². The highest BCUT2D eigenvalue weighted by atomic mass is 16.1. The molecule has 0 radical (unpaired) electrons. The molecule has 0 saturated carbocycles. The van der Waals surface area contributed by atoms with Gasteiger partial charge in [0, 0.05) is 43.2 Å².